The minimum absolute atomic E-state index is 0.176. The Kier molecular flexibility index (Phi) is 4.63. The molecule has 3 rings (SSSR count). The number of nitrogens with one attached hydrogen (secondary N) is 1. The molecule has 2 heterocycles. The molecule has 0 atom stereocenters. The van der Waals surface area contributed by atoms with Crippen molar-refractivity contribution in [3.63, 3.8) is 0 Å². The summed E-state index contributed by atoms with van der Waals surface area (Å²) in [5, 5.41) is 23.9. The fourth-order valence-electron chi connectivity index (χ4n) is 1.75. The van der Waals surface area contributed by atoms with E-state index in [0.29, 0.717) is 10.3 Å². The Morgan fingerprint density at radius 3 is 2.70 bits per heavy atom. The van der Waals surface area contributed by atoms with Gasteiger partial charge in [0.2, 0.25) is 16.2 Å². The van der Waals surface area contributed by atoms with Crippen molar-refractivity contribution < 1.29 is 4.79 Å². The number of aryl methyl sites for hydroxylation is 2. The normalized spacial score (nSPS) is 10.7. The van der Waals surface area contributed by atoms with Gasteiger partial charge in [-0.25, -0.2) is 0 Å². The summed E-state index contributed by atoms with van der Waals surface area (Å²) in [6.07, 6.45) is 0. The van der Waals surface area contributed by atoms with Crippen molar-refractivity contribution in [2.75, 3.05) is 11.1 Å². The SMILES string of the molecule is Cc1ccc(-n2nnnc2SCC(=O)Nc2nnc(C)s2)cc1. The maximum atomic E-state index is 11.9. The van der Waals surface area contributed by atoms with Crippen LogP contribution < -0.4 is 5.32 Å². The van der Waals surface area contributed by atoms with Crippen LogP contribution in [0.15, 0.2) is 29.4 Å². The fraction of sp³-hybridized carbons (Fsp3) is 0.231. The zero-order valence-electron chi connectivity index (χ0n) is 12.4. The highest BCUT2D eigenvalue weighted by Crippen LogP contribution is 2.19. The molecule has 0 saturated heterocycles. The van der Waals surface area contributed by atoms with Gasteiger partial charge in [0.25, 0.3) is 0 Å². The third-order valence-corrected chi connectivity index (χ3v) is 4.50. The quantitative estimate of drug-likeness (QED) is 0.703. The molecule has 0 aliphatic heterocycles. The van der Waals surface area contributed by atoms with E-state index in [1.807, 2.05) is 38.1 Å². The van der Waals surface area contributed by atoms with Gasteiger partial charge in [0.1, 0.15) is 5.01 Å². The first kappa shape index (κ1) is 15.6. The second-order valence-electron chi connectivity index (χ2n) is 4.67. The van der Waals surface area contributed by atoms with Gasteiger partial charge in [0, 0.05) is 0 Å². The Labute approximate surface area is 140 Å². The highest BCUT2D eigenvalue weighted by atomic mass is 32.2. The number of nitrogens with zero attached hydrogens (tertiary/aromatic N) is 6. The van der Waals surface area contributed by atoms with E-state index >= 15 is 0 Å². The van der Waals surface area contributed by atoms with E-state index in [1.165, 1.54) is 23.1 Å². The van der Waals surface area contributed by atoms with Crippen molar-refractivity contribution in [1.82, 2.24) is 30.4 Å². The van der Waals surface area contributed by atoms with Gasteiger partial charge >= 0.3 is 0 Å². The first-order chi connectivity index (χ1) is 11.1. The highest BCUT2D eigenvalue weighted by Gasteiger charge is 2.12. The van der Waals surface area contributed by atoms with Gasteiger partial charge in [-0.15, -0.1) is 15.3 Å². The number of carbonyl (C=O) groups is 1. The first-order valence-corrected chi connectivity index (χ1v) is 8.50. The Morgan fingerprint density at radius 2 is 2.00 bits per heavy atom. The van der Waals surface area contributed by atoms with Crippen LogP contribution in [0.4, 0.5) is 5.13 Å². The smallest absolute Gasteiger partial charge is 0.236 e. The molecule has 0 bridgehead atoms. The molecule has 118 valence electrons. The molecule has 0 unspecified atom stereocenters. The van der Waals surface area contributed by atoms with E-state index in [9.17, 15) is 4.79 Å². The van der Waals surface area contributed by atoms with Gasteiger partial charge in [-0.05, 0) is 36.4 Å². The van der Waals surface area contributed by atoms with E-state index in [0.717, 1.165) is 16.3 Å². The van der Waals surface area contributed by atoms with Crippen molar-refractivity contribution in [3.05, 3.63) is 34.8 Å². The molecule has 2 aromatic heterocycles. The van der Waals surface area contributed by atoms with E-state index in [1.54, 1.807) is 4.68 Å². The number of tetrazole rings is 1. The zero-order chi connectivity index (χ0) is 16.2. The lowest BCUT2D eigenvalue weighted by Gasteiger charge is -2.04. The first-order valence-electron chi connectivity index (χ1n) is 6.70. The number of aromatic nitrogens is 6. The maximum absolute atomic E-state index is 11.9. The molecule has 0 aliphatic rings. The summed E-state index contributed by atoms with van der Waals surface area (Å²) in [4.78, 5) is 11.9. The lowest BCUT2D eigenvalue weighted by atomic mass is 10.2. The number of amides is 1. The van der Waals surface area contributed by atoms with Crippen molar-refractivity contribution in [1.29, 1.82) is 0 Å². The predicted molar refractivity (Wildman–Crippen MR) is 87.9 cm³/mol. The number of rotatable bonds is 5. The Morgan fingerprint density at radius 1 is 1.22 bits per heavy atom. The van der Waals surface area contributed by atoms with Gasteiger partial charge in [-0.2, -0.15) is 4.68 Å². The zero-order valence-corrected chi connectivity index (χ0v) is 14.1. The molecule has 1 N–H and O–H groups in total. The van der Waals surface area contributed by atoms with Crippen LogP contribution in [0.2, 0.25) is 0 Å². The van der Waals surface area contributed by atoms with Crippen LogP contribution in [0, 0.1) is 13.8 Å². The van der Waals surface area contributed by atoms with Crippen LogP contribution in [0.1, 0.15) is 10.6 Å². The van der Waals surface area contributed by atoms with E-state index in [4.69, 9.17) is 0 Å². The summed E-state index contributed by atoms with van der Waals surface area (Å²) in [5.41, 5.74) is 2.01. The van der Waals surface area contributed by atoms with Crippen LogP contribution in [0.5, 0.6) is 0 Å². The monoisotopic (exact) mass is 347 g/mol. The van der Waals surface area contributed by atoms with E-state index < -0.39 is 0 Å². The predicted octanol–water partition coefficient (Wildman–Crippen LogP) is 1.86. The maximum Gasteiger partial charge on any atom is 0.236 e. The molecule has 0 saturated carbocycles. The molecule has 8 nitrogen and oxygen atoms in total. The molecule has 1 amide bonds. The second-order valence-corrected chi connectivity index (χ2v) is 6.80. The fourth-order valence-corrected chi connectivity index (χ4v) is 3.05. The molecule has 0 aliphatic carbocycles. The van der Waals surface area contributed by atoms with Crippen LogP contribution in [-0.4, -0.2) is 42.1 Å². The summed E-state index contributed by atoms with van der Waals surface area (Å²) >= 11 is 2.59. The Balaban J connectivity index is 1.64. The summed E-state index contributed by atoms with van der Waals surface area (Å²) in [6, 6.07) is 7.83. The van der Waals surface area contributed by atoms with Crippen molar-refractivity contribution in [2.45, 2.75) is 19.0 Å². The van der Waals surface area contributed by atoms with Crippen LogP contribution in [-0.2, 0) is 4.79 Å². The van der Waals surface area contributed by atoms with E-state index in [2.05, 4.69) is 31.0 Å². The lowest BCUT2D eigenvalue weighted by Crippen LogP contribution is -2.14. The number of hydrogen-bond donors (Lipinski definition) is 1. The average Bonchev–Trinajstić information content (AvgIpc) is 3.15. The van der Waals surface area contributed by atoms with E-state index in [-0.39, 0.29) is 11.7 Å². The number of anilines is 1. The van der Waals surface area contributed by atoms with Crippen LogP contribution in [0.25, 0.3) is 5.69 Å². The van der Waals surface area contributed by atoms with Crippen molar-refractivity contribution in [2.24, 2.45) is 0 Å². The third-order valence-electron chi connectivity index (χ3n) is 2.82. The molecule has 23 heavy (non-hydrogen) atoms. The average molecular weight is 347 g/mol. The molecule has 1 aromatic carbocycles. The molecular weight excluding hydrogens is 334 g/mol. The van der Waals surface area contributed by atoms with Gasteiger partial charge in [-0.3, -0.25) is 10.1 Å². The summed E-state index contributed by atoms with van der Waals surface area (Å²) in [7, 11) is 0. The topological polar surface area (TPSA) is 98.5 Å². The van der Waals surface area contributed by atoms with Crippen molar-refractivity contribution >= 4 is 34.1 Å². The third kappa shape index (κ3) is 3.90. The van der Waals surface area contributed by atoms with Gasteiger partial charge in [0.05, 0.1) is 11.4 Å². The van der Waals surface area contributed by atoms with Crippen molar-refractivity contribution in [3.8, 4) is 5.69 Å². The molecule has 0 radical (unpaired) electrons. The standard InChI is InChI=1S/C13H13N7OS2/c1-8-3-5-10(6-4-8)20-13(17-18-19-20)22-7-11(21)14-12-16-15-9(2)23-12/h3-6H,7H2,1-2H3,(H,14,16,21). The Hall–Kier alpha value is -2.33. The number of thioether (sulfide) groups is 1. The van der Waals surface area contributed by atoms with Gasteiger partial charge in [0.15, 0.2) is 0 Å². The minimum atomic E-state index is -0.176. The molecule has 10 heteroatoms. The van der Waals surface area contributed by atoms with Crippen LogP contribution in [0.3, 0.4) is 0 Å². The number of benzene rings is 1. The summed E-state index contributed by atoms with van der Waals surface area (Å²) in [5.74, 6) is 0.00909. The minimum Gasteiger partial charge on any atom is -0.300 e. The summed E-state index contributed by atoms with van der Waals surface area (Å²) < 4.78 is 1.60. The molecule has 3 aromatic rings. The molecular formula is C13H13N7OS2. The molecule has 0 spiro atoms. The lowest BCUT2D eigenvalue weighted by molar-refractivity contribution is -0.113. The Bertz CT molecular complexity index is 812. The largest absolute Gasteiger partial charge is 0.300 e. The second kappa shape index (κ2) is 6.84. The van der Waals surface area contributed by atoms with Crippen LogP contribution >= 0.6 is 23.1 Å². The molecule has 0 fully saturated rings. The summed E-state index contributed by atoms with van der Waals surface area (Å²) in [6.45, 7) is 3.84. The van der Waals surface area contributed by atoms with Gasteiger partial charge < -0.3 is 0 Å². The number of hydrogen-bond acceptors (Lipinski definition) is 8. The van der Waals surface area contributed by atoms with Gasteiger partial charge in [-0.1, -0.05) is 40.8 Å². The highest BCUT2D eigenvalue weighted by molar-refractivity contribution is 7.99. The number of carbonyl (C=O) groups excluding carboxylic acids is 1.